The SMILES string of the molecule is CCC(=O)N1CC[C@H](Oc2ncnc3c2nc(-c2cc(F)cc(CNS(=O)[O-])c2)n3C)C1. The fourth-order valence-electron chi connectivity index (χ4n) is 3.78. The molecule has 32 heavy (non-hydrogen) atoms. The van der Waals surface area contributed by atoms with E-state index >= 15 is 0 Å². The molecule has 2 aromatic heterocycles. The molecule has 1 amide bonds. The number of carbonyl (C=O) groups is 1. The molecule has 1 unspecified atom stereocenters. The van der Waals surface area contributed by atoms with Gasteiger partial charge in [-0.1, -0.05) is 6.92 Å². The number of fused-ring (bicyclic) bond motifs is 1. The highest BCUT2D eigenvalue weighted by Gasteiger charge is 2.28. The predicted molar refractivity (Wildman–Crippen MR) is 113 cm³/mol. The van der Waals surface area contributed by atoms with Crippen molar-refractivity contribution in [3.05, 3.63) is 35.9 Å². The lowest BCUT2D eigenvalue weighted by atomic mass is 10.1. The van der Waals surface area contributed by atoms with Crippen LogP contribution >= 0.6 is 0 Å². The molecular weight excluding hydrogens is 439 g/mol. The molecule has 0 spiro atoms. The molecule has 1 N–H and O–H groups in total. The quantitative estimate of drug-likeness (QED) is 0.528. The Bertz CT molecular complexity index is 1190. The molecule has 1 saturated heterocycles. The largest absolute Gasteiger partial charge is 0.760 e. The molecule has 4 rings (SSSR count). The van der Waals surface area contributed by atoms with Crippen molar-refractivity contribution in [2.24, 2.45) is 7.05 Å². The average molecular weight is 461 g/mol. The standard InChI is InChI=1S/C20H23FN6O4S/c1-3-16(28)27-5-4-15(10-27)31-20-17-19(22-11-23-20)26(2)18(25-17)13-6-12(7-14(21)8-13)9-24-32(29)30/h6-8,11,15,24H,3-5,9-10H2,1-2H3,(H,29,30)/p-1/t15-/m0/s1. The molecule has 0 aliphatic carbocycles. The Labute approximate surface area is 186 Å². The lowest BCUT2D eigenvalue weighted by Crippen LogP contribution is -2.30. The van der Waals surface area contributed by atoms with E-state index in [0.717, 1.165) is 0 Å². The summed E-state index contributed by atoms with van der Waals surface area (Å²) < 4.78 is 45.7. The monoisotopic (exact) mass is 461 g/mol. The zero-order valence-corrected chi connectivity index (χ0v) is 18.4. The Hall–Kier alpha value is -2.96. The first-order valence-electron chi connectivity index (χ1n) is 10.1. The number of hydrogen-bond acceptors (Lipinski definition) is 7. The Morgan fingerprint density at radius 2 is 2.19 bits per heavy atom. The van der Waals surface area contributed by atoms with Crippen LogP contribution in [0.25, 0.3) is 22.6 Å². The summed E-state index contributed by atoms with van der Waals surface area (Å²) in [4.78, 5) is 26.8. The van der Waals surface area contributed by atoms with Gasteiger partial charge in [-0.2, -0.15) is 4.98 Å². The van der Waals surface area contributed by atoms with Gasteiger partial charge in [0.05, 0.1) is 6.54 Å². The van der Waals surface area contributed by atoms with Crippen molar-refractivity contribution in [3.8, 4) is 17.3 Å². The van der Waals surface area contributed by atoms with Crippen molar-refractivity contribution in [1.29, 1.82) is 0 Å². The van der Waals surface area contributed by atoms with Crippen LogP contribution in [0.15, 0.2) is 24.5 Å². The number of nitrogens with one attached hydrogen (secondary N) is 1. The maximum Gasteiger partial charge on any atom is 0.245 e. The number of aryl methyl sites for hydroxylation is 1. The van der Waals surface area contributed by atoms with Crippen LogP contribution in [-0.2, 0) is 29.7 Å². The van der Waals surface area contributed by atoms with Crippen molar-refractivity contribution in [2.45, 2.75) is 32.4 Å². The fourth-order valence-corrected chi connectivity index (χ4v) is 4.06. The van der Waals surface area contributed by atoms with E-state index in [-0.39, 0.29) is 18.6 Å². The summed E-state index contributed by atoms with van der Waals surface area (Å²) in [6.07, 6.45) is 2.31. The van der Waals surface area contributed by atoms with E-state index in [9.17, 15) is 17.9 Å². The highest BCUT2D eigenvalue weighted by atomic mass is 32.2. The lowest BCUT2D eigenvalue weighted by Gasteiger charge is -2.16. The maximum absolute atomic E-state index is 14.2. The molecular formula is C20H22FN6O4S-. The van der Waals surface area contributed by atoms with Gasteiger partial charge in [0.2, 0.25) is 11.8 Å². The van der Waals surface area contributed by atoms with Crippen LogP contribution < -0.4 is 9.46 Å². The Kier molecular flexibility index (Phi) is 6.44. The summed E-state index contributed by atoms with van der Waals surface area (Å²) >= 11 is -2.46. The summed E-state index contributed by atoms with van der Waals surface area (Å²) in [7, 11) is 1.74. The summed E-state index contributed by atoms with van der Waals surface area (Å²) in [5.41, 5.74) is 1.85. The molecule has 3 aromatic rings. The van der Waals surface area contributed by atoms with Gasteiger partial charge >= 0.3 is 0 Å². The highest BCUT2D eigenvalue weighted by Crippen LogP contribution is 2.29. The maximum atomic E-state index is 14.2. The van der Waals surface area contributed by atoms with Gasteiger partial charge in [0, 0.05) is 49.8 Å². The number of ether oxygens (including phenoxy) is 1. The van der Waals surface area contributed by atoms with E-state index in [0.29, 0.717) is 59.9 Å². The minimum Gasteiger partial charge on any atom is -0.760 e. The number of hydrogen-bond donors (Lipinski definition) is 1. The Morgan fingerprint density at radius 3 is 2.94 bits per heavy atom. The molecule has 170 valence electrons. The highest BCUT2D eigenvalue weighted by molar-refractivity contribution is 7.77. The summed E-state index contributed by atoms with van der Waals surface area (Å²) in [5, 5.41) is 0. The number of benzene rings is 1. The minimum atomic E-state index is -2.46. The smallest absolute Gasteiger partial charge is 0.245 e. The second-order valence-electron chi connectivity index (χ2n) is 7.47. The zero-order valence-electron chi connectivity index (χ0n) is 17.6. The summed E-state index contributed by atoms with van der Waals surface area (Å²) in [6, 6.07) is 4.23. The summed E-state index contributed by atoms with van der Waals surface area (Å²) in [5.74, 6) is 0.301. The lowest BCUT2D eigenvalue weighted by molar-refractivity contribution is -0.130. The van der Waals surface area contributed by atoms with Gasteiger partial charge in [-0.15, -0.1) is 0 Å². The number of amides is 1. The van der Waals surface area contributed by atoms with E-state index in [1.807, 2.05) is 6.92 Å². The van der Waals surface area contributed by atoms with Crippen molar-refractivity contribution in [2.75, 3.05) is 13.1 Å². The second kappa shape index (κ2) is 9.27. The number of rotatable bonds is 7. The molecule has 12 heteroatoms. The van der Waals surface area contributed by atoms with Gasteiger partial charge in [0.15, 0.2) is 11.2 Å². The Morgan fingerprint density at radius 1 is 1.38 bits per heavy atom. The normalized spacial score (nSPS) is 17.1. The molecule has 0 radical (unpaired) electrons. The van der Waals surface area contributed by atoms with E-state index in [1.165, 1.54) is 18.5 Å². The molecule has 1 fully saturated rings. The number of imidazole rings is 1. The van der Waals surface area contributed by atoms with E-state index < -0.39 is 17.1 Å². The molecule has 0 bridgehead atoms. The van der Waals surface area contributed by atoms with Crippen LogP contribution in [0.1, 0.15) is 25.3 Å². The molecule has 1 aliphatic heterocycles. The predicted octanol–water partition coefficient (Wildman–Crippen LogP) is 1.44. The molecule has 2 atom stereocenters. The van der Waals surface area contributed by atoms with Gasteiger partial charge in [0.25, 0.3) is 0 Å². The van der Waals surface area contributed by atoms with Gasteiger partial charge in [-0.25, -0.2) is 19.1 Å². The van der Waals surface area contributed by atoms with Gasteiger partial charge in [-0.05, 0) is 23.8 Å². The van der Waals surface area contributed by atoms with Crippen LogP contribution in [-0.4, -0.2) is 58.3 Å². The zero-order chi connectivity index (χ0) is 22.8. The van der Waals surface area contributed by atoms with Crippen molar-refractivity contribution >= 4 is 28.3 Å². The van der Waals surface area contributed by atoms with Crippen LogP contribution in [0, 0.1) is 5.82 Å². The van der Waals surface area contributed by atoms with Crippen LogP contribution in [0.2, 0.25) is 0 Å². The van der Waals surface area contributed by atoms with Crippen LogP contribution in [0.4, 0.5) is 4.39 Å². The number of halogens is 1. The van der Waals surface area contributed by atoms with Crippen molar-refractivity contribution in [1.82, 2.24) is 29.1 Å². The van der Waals surface area contributed by atoms with Gasteiger partial charge in [-0.3, -0.25) is 9.00 Å². The number of likely N-dealkylation sites (tertiary alicyclic amines) is 1. The third-order valence-electron chi connectivity index (χ3n) is 5.31. The van der Waals surface area contributed by atoms with Crippen molar-refractivity contribution < 1.29 is 22.7 Å². The van der Waals surface area contributed by atoms with E-state index in [2.05, 4.69) is 19.7 Å². The molecule has 3 heterocycles. The number of nitrogens with zero attached hydrogens (tertiary/aromatic N) is 5. The minimum absolute atomic E-state index is 0.0480. The second-order valence-corrected chi connectivity index (χ2v) is 8.23. The van der Waals surface area contributed by atoms with Gasteiger partial charge in [0.1, 0.15) is 24.1 Å². The summed E-state index contributed by atoms with van der Waals surface area (Å²) in [6.45, 7) is 2.90. The Balaban J connectivity index is 1.64. The van der Waals surface area contributed by atoms with Crippen LogP contribution in [0.3, 0.4) is 0 Å². The third kappa shape index (κ3) is 4.61. The van der Waals surface area contributed by atoms with E-state index in [4.69, 9.17) is 4.74 Å². The first-order chi connectivity index (χ1) is 15.4. The van der Waals surface area contributed by atoms with Gasteiger partial charge < -0.3 is 18.8 Å². The first-order valence-corrected chi connectivity index (χ1v) is 11.2. The average Bonchev–Trinajstić information content (AvgIpc) is 3.37. The first kappa shape index (κ1) is 22.2. The van der Waals surface area contributed by atoms with Crippen LogP contribution in [0.5, 0.6) is 5.88 Å². The molecule has 1 aromatic carbocycles. The number of carbonyl (C=O) groups excluding carboxylic acids is 1. The number of aromatic nitrogens is 4. The third-order valence-corrected chi connectivity index (χ3v) is 5.69. The fraction of sp³-hybridized carbons (Fsp3) is 0.400. The van der Waals surface area contributed by atoms with Crippen molar-refractivity contribution in [3.63, 3.8) is 0 Å². The molecule has 10 nitrogen and oxygen atoms in total. The van der Waals surface area contributed by atoms with E-state index in [1.54, 1.807) is 22.6 Å². The molecule has 1 aliphatic rings. The topological polar surface area (TPSA) is 125 Å². The molecule has 0 saturated carbocycles.